The van der Waals surface area contributed by atoms with Crippen LogP contribution in [0.3, 0.4) is 0 Å². The van der Waals surface area contributed by atoms with Crippen molar-refractivity contribution in [3.63, 3.8) is 0 Å². The molecule has 0 saturated carbocycles. The van der Waals surface area contributed by atoms with Crippen LogP contribution in [0, 0.1) is 7.43 Å². The van der Waals surface area contributed by atoms with E-state index in [1.165, 1.54) is 0 Å². The van der Waals surface area contributed by atoms with E-state index in [1.54, 1.807) is 0 Å². The van der Waals surface area contributed by atoms with Crippen molar-refractivity contribution in [1.82, 2.24) is 10.2 Å². The molecule has 116 valence electrons. The van der Waals surface area contributed by atoms with E-state index in [2.05, 4.69) is 10.2 Å². The van der Waals surface area contributed by atoms with E-state index in [1.807, 2.05) is 74.5 Å². The summed E-state index contributed by atoms with van der Waals surface area (Å²) >= 11 is 0. The van der Waals surface area contributed by atoms with Gasteiger partial charge >= 0.3 is 0 Å². The van der Waals surface area contributed by atoms with Gasteiger partial charge in [-0.3, -0.25) is 0 Å². The second-order valence-electron chi connectivity index (χ2n) is 3.64. The Morgan fingerprint density at radius 2 is 1.00 bits per heavy atom. The Morgan fingerprint density at radius 1 is 0.667 bits per heavy atom. The first-order valence-corrected chi connectivity index (χ1v) is 6.38. The van der Waals surface area contributed by atoms with Gasteiger partial charge in [-0.25, -0.2) is 0 Å². The van der Waals surface area contributed by atoms with Gasteiger partial charge in [0.05, 0.1) is 0 Å². The van der Waals surface area contributed by atoms with E-state index >= 15 is 0 Å². The Bertz CT molecular complexity index is 555. The SMILES string of the molecule is CC.[CH3-].[Fm].c1ccc(-c2nnc(-c3ccccc3)o2)cc1. The summed E-state index contributed by atoms with van der Waals surface area (Å²) in [6, 6.07) is 19.5. The van der Waals surface area contributed by atoms with Gasteiger partial charge in [0.1, 0.15) is 0 Å². The third-order valence-corrected chi connectivity index (χ3v) is 2.47. The van der Waals surface area contributed by atoms with Gasteiger partial charge in [-0.15, -0.1) is 10.2 Å². The molecule has 0 unspecified atom stereocenters. The summed E-state index contributed by atoms with van der Waals surface area (Å²) in [7, 11) is 0. The maximum atomic E-state index is 5.63. The van der Waals surface area contributed by atoms with Crippen LogP contribution in [0.15, 0.2) is 65.1 Å². The second kappa shape index (κ2) is 8.64. The second-order valence-corrected chi connectivity index (χ2v) is 3.64. The third-order valence-electron chi connectivity index (χ3n) is 2.47. The van der Waals surface area contributed by atoms with Crippen molar-refractivity contribution in [1.29, 1.82) is 0 Å². The molecular formula is C17H19FmN2O-. The van der Waals surface area contributed by atoms with Crippen LogP contribution in [0.2, 0.25) is 0 Å². The smallest absolute Gasteiger partial charge is 0.248 e. The number of hydrogen-bond donors (Lipinski definition) is 0. The van der Waals surface area contributed by atoms with E-state index in [9.17, 15) is 0 Å². The number of nitrogens with zero attached hydrogens (tertiary/aromatic N) is 2. The van der Waals surface area contributed by atoms with E-state index in [4.69, 9.17) is 4.42 Å². The van der Waals surface area contributed by atoms with Crippen molar-refractivity contribution in [3.8, 4) is 22.9 Å². The maximum absolute atomic E-state index is 5.63. The van der Waals surface area contributed by atoms with Crippen LogP contribution in [-0.2, 0) is 0 Å². The molecule has 3 rings (SSSR count). The molecule has 3 nitrogen and oxygen atoms in total. The monoisotopic (exact) mass is 524 g/mol. The zero-order valence-corrected chi connectivity index (χ0v) is 14.8. The molecule has 0 bridgehead atoms. The molecule has 0 aliphatic heterocycles. The summed E-state index contributed by atoms with van der Waals surface area (Å²) in [5.41, 5.74) is 1.87. The number of rotatable bonds is 2. The zero-order valence-electron chi connectivity index (χ0n) is 12.4. The topological polar surface area (TPSA) is 38.9 Å². The molecule has 0 aliphatic carbocycles. The molecule has 0 saturated heterocycles. The molecule has 0 atom stereocenters. The molecule has 1 aromatic heterocycles. The molecule has 4 heteroatoms. The summed E-state index contributed by atoms with van der Waals surface area (Å²) < 4.78 is 5.63. The standard InChI is InChI=1S/C14H10N2O.C2H6.CH3.Fm/c1-3-7-11(8-4-1)13-15-16-14(17-13)12-9-5-2-6-10-12;1-2;;/h1-10H;1-2H3;1H3;/q;;-1;. The van der Waals surface area contributed by atoms with Crippen molar-refractivity contribution >= 4 is 0 Å². The minimum atomic E-state index is 0. The fourth-order valence-corrected chi connectivity index (χ4v) is 1.62. The van der Waals surface area contributed by atoms with Gasteiger partial charge in [-0.1, -0.05) is 50.2 Å². The predicted molar refractivity (Wildman–Crippen MR) is 82.9 cm³/mol. The minimum Gasteiger partial charge on any atom is -0.416 e. The summed E-state index contributed by atoms with van der Waals surface area (Å²) in [6.07, 6.45) is 0. The molecule has 0 aliphatic rings. The molecule has 0 N–H and O–H groups in total. The van der Waals surface area contributed by atoms with Gasteiger partial charge < -0.3 is 11.8 Å². The van der Waals surface area contributed by atoms with E-state index < -0.39 is 0 Å². The molecular weight excluding hydrogens is 505 g/mol. The van der Waals surface area contributed by atoms with Crippen molar-refractivity contribution < 1.29 is 4.42 Å². The van der Waals surface area contributed by atoms with E-state index in [0.717, 1.165) is 11.1 Å². The average Bonchev–Trinajstić information content (AvgIpc) is 3.01. The van der Waals surface area contributed by atoms with Gasteiger partial charge in [0.15, 0.2) is 0 Å². The van der Waals surface area contributed by atoms with Gasteiger partial charge in [-0.05, 0) is 24.3 Å². The molecule has 2 aromatic carbocycles. The first-order valence-electron chi connectivity index (χ1n) is 6.38. The average molecular weight is 524 g/mol. The Labute approximate surface area is 120 Å². The molecule has 0 amide bonds. The van der Waals surface area contributed by atoms with E-state index in [-0.39, 0.29) is 7.43 Å². The first-order chi connectivity index (χ1) is 9.43. The molecule has 0 fully saturated rings. The number of hydrogen-bond acceptors (Lipinski definition) is 3. The van der Waals surface area contributed by atoms with Crippen LogP contribution in [0.5, 0.6) is 0 Å². The van der Waals surface area contributed by atoms with Crippen molar-refractivity contribution in [2.24, 2.45) is 0 Å². The van der Waals surface area contributed by atoms with Gasteiger partial charge in [0.2, 0.25) is 11.8 Å². The summed E-state index contributed by atoms with van der Waals surface area (Å²) in [6.45, 7) is 4.00. The zero-order chi connectivity index (χ0) is 13.5. The van der Waals surface area contributed by atoms with Gasteiger partial charge in [-0.2, -0.15) is 0 Å². The summed E-state index contributed by atoms with van der Waals surface area (Å²) in [5, 5.41) is 8.09. The largest absolute Gasteiger partial charge is 0.416 e. The minimum absolute atomic E-state index is 0. The Kier molecular flexibility index (Phi) is 7.23. The van der Waals surface area contributed by atoms with Crippen LogP contribution < -0.4 is 0 Å². The van der Waals surface area contributed by atoms with Gasteiger partial charge in [0, 0.05) is 11.1 Å². The van der Waals surface area contributed by atoms with Crippen LogP contribution in [0.4, 0.5) is 0 Å². The quantitative estimate of drug-likeness (QED) is 0.449. The molecule has 0 radical (unpaired) electrons. The molecule has 0 spiro atoms. The number of aromatic nitrogens is 2. The van der Waals surface area contributed by atoms with Crippen molar-refractivity contribution in [2.75, 3.05) is 0 Å². The summed E-state index contributed by atoms with van der Waals surface area (Å²) in [4.78, 5) is 0. The Morgan fingerprint density at radius 3 is 1.33 bits per heavy atom. The number of benzene rings is 2. The predicted octanol–water partition coefficient (Wildman–Crippen LogP) is 4.88. The maximum Gasteiger partial charge on any atom is 0.248 e. The van der Waals surface area contributed by atoms with Crippen LogP contribution in [0.1, 0.15) is 13.8 Å². The molecule has 1 heterocycles. The van der Waals surface area contributed by atoms with E-state index in [0.29, 0.717) is 11.8 Å². The molecule has 21 heavy (non-hydrogen) atoms. The van der Waals surface area contributed by atoms with Crippen LogP contribution >= 0.6 is 0 Å². The molecule has 3 aromatic rings. The Balaban J connectivity index is 0.000000961. The van der Waals surface area contributed by atoms with Gasteiger partial charge in [0.25, 0.3) is 0 Å². The van der Waals surface area contributed by atoms with Crippen LogP contribution in [0.25, 0.3) is 22.9 Å². The Hall–Kier alpha value is -3.42. The van der Waals surface area contributed by atoms with Crippen molar-refractivity contribution in [2.45, 2.75) is 13.8 Å². The fraction of sp³-hybridized carbons (Fsp3) is 0.118. The third kappa shape index (κ3) is 4.03. The normalized spacial score (nSPS) is 8.67. The first kappa shape index (κ1) is 17.6. The summed E-state index contributed by atoms with van der Waals surface area (Å²) in [5.74, 6) is 1.09. The van der Waals surface area contributed by atoms with Crippen LogP contribution in [-0.4, -0.2) is 10.2 Å². The fourth-order valence-electron chi connectivity index (χ4n) is 1.62. The van der Waals surface area contributed by atoms with Crippen molar-refractivity contribution in [3.05, 3.63) is 68.1 Å².